The fourth-order valence-electron chi connectivity index (χ4n) is 7.58. The smallest absolute Gasteiger partial charge is 0.306 e. The number of hydrogen-bond donors (Lipinski definition) is 3. The molecule has 3 unspecified atom stereocenters. The van der Waals surface area contributed by atoms with Crippen molar-refractivity contribution in [3.63, 3.8) is 0 Å². The van der Waals surface area contributed by atoms with E-state index in [0.717, 1.165) is 116 Å². The maximum atomic E-state index is 13.2. The molecule has 0 aromatic carbocycles. The lowest BCUT2D eigenvalue weighted by Gasteiger charge is -2.24. The molecule has 6 nitrogen and oxygen atoms in total. The summed E-state index contributed by atoms with van der Waals surface area (Å²) >= 11 is 0. The molecule has 3 N–H and O–H groups in total. The van der Waals surface area contributed by atoms with Crippen LogP contribution in [0.2, 0.25) is 0 Å². The minimum Gasteiger partial charge on any atom is -0.462 e. The number of aliphatic hydroxyl groups is 2. The minimum absolute atomic E-state index is 0.0501. The lowest BCUT2D eigenvalue weighted by atomic mass is 10.0. The molecule has 0 rings (SSSR count). The van der Waals surface area contributed by atoms with Crippen LogP contribution in [0, 0.1) is 0 Å². The normalized spacial score (nSPS) is 13.8. The fraction of sp³-hybridized carbons (Fsp3) is 0.750. The highest BCUT2D eigenvalue weighted by atomic mass is 16.5. The van der Waals surface area contributed by atoms with Crippen molar-refractivity contribution < 1.29 is 24.5 Å². The van der Waals surface area contributed by atoms with Crippen LogP contribution in [-0.4, -0.2) is 46.9 Å². The third-order valence-corrected chi connectivity index (χ3v) is 11.5. The number of aliphatic hydroxyl groups excluding tert-OH is 2. The molecule has 62 heavy (non-hydrogen) atoms. The zero-order valence-corrected chi connectivity index (χ0v) is 40.7. The van der Waals surface area contributed by atoms with Crippen LogP contribution in [0.25, 0.3) is 0 Å². The van der Waals surface area contributed by atoms with Crippen molar-refractivity contribution in [3.8, 4) is 0 Å². The van der Waals surface area contributed by atoms with E-state index < -0.39 is 18.2 Å². The van der Waals surface area contributed by atoms with Gasteiger partial charge in [-0.05, 0) is 89.9 Å². The van der Waals surface area contributed by atoms with Crippen molar-refractivity contribution >= 4 is 11.9 Å². The van der Waals surface area contributed by atoms with Gasteiger partial charge in [-0.1, -0.05) is 216 Å². The summed E-state index contributed by atoms with van der Waals surface area (Å²) in [7, 11) is 0. The van der Waals surface area contributed by atoms with Gasteiger partial charge in [-0.15, -0.1) is 0 Å². The first-order valence-corrected chi connectivity index (χ1v) is 26.2. The molecule has 0 aliphatic rings. The molecule has 0 heterocycles. The molecule has 0 aromatic heterocycles. The van der Waals surface area contributed by atoms with Gasteiger partial charge in [0.15, 0.2) is 0 Å². The Bertz CT molecular complexity index is 1150. The van der Waals surface area contributed by atoms with Gasteiger partial charge in [-0.25, -0.2) is 0 Å². The average molecular weight is 866 g/mol. The number of rotatable bonds is 46. The number of hydrogen-bond acceptors (Lipinski definition) is 5. The number of amides is 1. The van der Waals surface area contributed by atoms with E-state index in [9.17, 15) is 19.8 Å². The molecule has 6 heteroatoms. The number of nitrogens with one attached hydrogen (secondary N) is 1. The van der Waals surface area contributed by atoms with Gasteiger partial charge < -0.3 is 20.3 Å². The van der Waals surface area contributed by atoms with E-state index >= 15 is 0 Å². The Morgan fingerprint density at radius 2 is 0.903 bits per heavy atom. The largest absolute Gasteiger partial charge is 0.462 e. The van der Waals surface area contributed by atoms with Crippen LogP contribution in [0.1, 0.15) is 245 Å². The van der Waals surface area contributed by atoms with Gasteiger partial charge in [-0.2, -0.15) is 0 Å². The van der Waals surface area contributed by atoms with Crippen molar-refractivity contribution in [2.45, 2.75) is 264 Å². The van der Waals surface area contributed by atoms with Crippen molar-refractivity contribution in [2.75, 3.05) is 6.61 Å². The second-order valence-corrected chi connectivity index (χ2v) is 17.5. The van der Waals surface area contributed by atoms with Gasteiger partial charge in [0.1, 0.15) is 6.10 Å². The first-order valence-electron chi connectivity index (χ1n) is 26.2. The minimum atomic E-state index is -0.799. The van der Waals surface area contributed by atoms with E-state index in [1.165, 1.54) is 83.5 Å². The Morgan fingerprint density at radius 1 is 0.484 bits per heavy atom. The third kappa shape index (κ3) is 43.9. The first-order chi connectivity index (χ1) is 30.5. The number of carbonyl (C=O) groups is 2. The monoisotopic (exact) mass is 866 g/mol. The topological polar surface area (TPSA) is 95.9 Å². The van der Waals surface area contributed by atoms with E-state index in [1.54, 1.807) is 0 Å². The quantitative estimate of drug-likeness (QED) is 0.0322. The fourth-order valence-corrected chi connectivity index (χ4v) is 7.58. The van der Waals surface area contributed by atoms with Crippen LogP contribution >= 0.6 is 0 Å². The molecular weight excluding hydrogens is 767 g/mol. The molecule has 0 radical (unpaired) electrons. The van der Waals surface area contributed by atoms with Crippen molar-refractivity contribution in [1.82, 2.24) is 5.32 Å². The van der Waals surface area contributed by atoms with Crippen molar-refractivity contribution in [1.29, 1.82) is 0 Å². The Morgan fingerprint density at radius 3 is 1.40 bits per heavy atom. The van der Waals surface area contributed by atoms with Gasteiger partial charge in [0.2, 0.25) is 5.91 Å². The predicted molar refractivity (Wildman–Crippen MR) is 268 cm³/mol. The molecule has 358 valence electrons. The predicted octanol–water partition coefficient (Wildman–Crippen LogP) is 15.8. The summed E-state index contributed by atoms with van der Waals surface area (Å²) in [5.41, 5.74) is 0. The van der Waals surface area contributed by atoms with E-state index in [1.807, 2.05) is 0 Å². The van der Waals surface area contributed by atoms with E-state index in [2.05, 4.69) is 99.0 Å². The van der Waals surface area contributed by atoms with Crippen LogP contribution in [0.5, 0.6) is 0 Å². The van der Waals surface area contributed by atoms with E-state index in [-0.39, 0.29) is 24.9 Å². The number of unbranched alkanes of at least 4 members (excludes halogenated alkanes) is 22. The Kier molecular flexibility index (Phi) is 47.2. The standard InChI is InChI=1S/C56H99NO5/c1-4-7-10-13-16-19-21-23-25-27-28-29-31-33-35-37-40-43-46-49-56(61)62-52(47-44-41-38-18-15-12-9-6-3)50-55(60)57-53(51-58)54(59)48-45-42-39-36-34-32-30-26-24-22-20-17-14-11-8-5-2/h7,10,12,15-16,19,23,25,28-29,33,35,52-54,58-59H,4-6,8-9,11,13-14,17-18,20-22,24,26-27,30-32,34,36-51H2,1-3H3,(H,57,60)/b10-7-,15-12-,19-16-,25-23-,29-28-,35-33-. The maximum absolute atomic E-state index is 13.2. The van der Waals surface area contributed by atoms with Gasteiger partial charge in [0.25, 0.3) is 0 Å². The van der Waals surface area contributed by atoms with Crippen molar-refractivity contribution in [3.05, 3.63) is 72.9 Å². The molecule has 0 saturated carbocycles. The maximum Gasteiger partial charge on any atom is 0.306 e. The molecule has 3 atom stereocenters. The molecule has 0 fully saturated rings. The van der Waals surface area contributed by atoms with Gasteiger partial charge in [0.05, 0.1) is 25.2 Å². The zero-order chi connectivity index (χ0) is 45.2. The zero-order valence-electron chi connectivity index (χ0n) is 40.7. The van der Waals surface area contributed by atoms with E-state index in [0.29, 0.717) is 19.3 Å². The number of esters is 1. The number of ether oxygens (including phenoxy) is 1. The number of allylic oxidation sites excluding steroid dienone is 12. The van der Waals surface area contributed by atoms with Gasteiger partial charge in [-0.3, -0.25) is 9.59 Å². The highest BCUT2D eigenvalue weighted by molar-refractivity contribution is 5.77. The van der Waals surface area contributed by atoms with Crippen LogP contribution in [0.3, 0.4) is 0 Å². The highest BCUT2D eigenvalue weighted by Gasteiger charge is 2.24. The number of carbonyl (C=O) groups excluding carboxylic acids is 2. The first kappa shape index (κ1) is 59.3. The summed E-state index contributed by atoms with van der Waals surface area (Å²) in [5, 5.41) is 23.7. The second kappa shape index (κ2) is 49.3. The summed E-state index contributed by atoms with van der Waals surface area (Å²) in [5.74, 6) is -0.533. The SMILES string of the molecule is CC/C=C\C/C=C\C/C=C\C/C=C\C/C=C\CCCCCC(=O)OC(CCCCC/C=C\CCC)CC(=O)NC(CO)C(O)CCCCCCCCCCCCCCCCCC. The highest BCUT2D eigenvalue weighted by Crippen LogP contribution is 2.17. The van der Waals surface area contributed by atoms with Gasteiger partial charge in [0, 0.05) is 6.42 Å². The van der Waals surface area contributed by atoms with E-state index in [4.69, 9.17) is 4.74 Å². The van der Waals surface area contributed by atoms with Crippen LogP contribution in [0.4, 0.5) is 0 Å². The lowest BCUT2D eigenvalue weighted by molar-refractivity contribution is -0.151. The molecule has 0 spiro atoms. The summed E-state index contributed by atoms with van der Waals surface area (Å²) < 4.78 is 5.89. The Balaban J connectivity index is 4.45. The Hall–Kier alpha value is -2.70. The molecule has 0 bridgehead atoms. The third-order valence-electron chi connectivity index (χ3n) is 11.5. The summed E-state index contributed by atoms with van der Waals surface area (Å²) in [6, 6.07) is -0.715. The van der Waals surface area contributed by atoms with Crippen LogP contribution in [-0.2, 0) is 14.3 Å². The molecule has 0 aromatic rings. The summed E-state index contributed by atoms with van der Waals surface area (Å²) in [4.78, 5) is 26.1. The second-order valence-electron chi connectivity index (χ2n) is 17.5. The Labute approximate surface area is 383 Å². The molecule has 0 saturated heterocycles. The molecule has 0 aliphatic carbocycles. The van der Waals surface area contributed by atoms with Crippen LogP contribution < -0.4 is 5.32 Å². The molecule has 1 amide bonds. The summed E-state index contributed by atoms with van der Waals surface area (Å²) in [6.07, 6.45) is 62.6. The lowest BCUT2D eigenvalue weighted by Crippen LogP contribution is -2.46. The molecular formula is C56H99NO5. The molecule has 0 aliphatic heterocycles. The van der Waals surface area contributed by atoms with Crippen LogP contribution in [0.15, 0.2) is 72.9 Å². The average Bonchev–Trinajstić information content (AvgIpc) is 3.26. The van der Waals surface area contributed by atoms with Crippen molar-refractivity contribution in [2.24, 2.45) is 0 Å². The summed E-state index contributed by atoms with van der Waals surface area (Å²) in [6.45, 7) is 6.29. The van der Waals surface area contributed by atoms with Gasteiger partial charge >= 0.3 is 5.97 Å².